The molecule has 0 radical (unpaired) electrons. The summed E-state index contributed by atoms with van der Waals surface area (Å²) in [7, 11) is 0. The molecule has 0 fully saturated rings. The summed E-state index contributed by atoms with van der Waals surface area (Å²) >= 11 is 0. The lowest BCUT2D eigenvalue weighted by molar-refractivity contribution is -0.309. The zero-order valence-corrected chi connectivity index (χ0v) is 11.9. The van der Waals surface area contributed by atoms with E-state index in [1.165, 1.54) is 6.92 Å². The number of hydrogen-bond acceptors (Lipinski definition) is 4. The van der Waals surface area contributed by atoms with Crippen LogP contribution in [0.25, 0.3) is 10.8 Å². The topological polar surface area (TPSA) is 77.5 Å². The fourth-order valence-electron chi connectivity index (χ4n) is 3.49. The van der Waals surface area contributed by atoms with Crippen molar-refractivity contribution in [3.8, 4) is 0 Å². The molecule has 2 amide bonds. The van der Waals surface area contributed by atoms with Crippen LogP contribution in [-0.2, 0) is 17.6 Å². The number of carbonyl (C=O) groups is 3. The second-order valence-corrected chi connectivity index (χ2v) is 5.77. The van der Waals surface area contributed by atoms with Gasteiger partial charge in [0, 0.05) is 16.5 Å². The second-order valence-electron chi connectivity index (χ2n) is 5.77. The van der Waals surface area contributed by atoms with Gasteiger partial charge in [-0.05, 0) is 48.4 Å². The summed E-state index contributed by atoms with van der Waals surface area (Å²) in [5, 5.41) is 12.8. The molecule has 110 valence electrons. The maximum atomic E-state index is 12.6. The van der Waals surface area contributed by atoms with Crippen molar-refractivity contribution in [3.05, 3.63) is 46.5 Å². The van der Waals surface area contributed by atoms with E-state index in [-0.39, 0.29) is 0 Å². The molecule has 5 nitrogen and oxygen atoms in total. The largest absolute Gasteiger partial charge is 0.548 e. The fourth-order valence-corrected chi connectivity index (χ4v) is 3.49. The first kappa shape index (κ1) is 13.0. The molecule has 0 unspecified atom stereocenters. The third-order valence-electron chi connectivity index (χ3n) is 4.62. The minimum absolute atomic E-state index is 0.394. The lowest BCUT2D eigenvalue weighted by atomic mass is 9.90. The normalized spacial score (nSPS) is 17.2. The van der Waals surface area contributed by atoms with Crippen LogP contribution in [0.5, 0.6) is 0 Å². The van der Waals surface area contributed by atoms with E-state index in [2.05, 4.69) is 0 Å². The molecule has 0 spiro atoms. The number of nitrogens with zero attached hydrogens (tertiary/aromatic N) is 1. The molecule has 0 aromatic heterocycles. The SMILES string of the molecule is C[C@H](C(=O)[O-])N1C(=O)c2ccc3c4c(ccc(c24)C1=O)CC3. The number of carboxylic acid groups (broad SMARTS) is 1. The van der Waals surface area contributed by atoms with Gasteiger partial charge in [0.05, 0.1) is 12.0 Å². The first-order chi connectivity index (χ1) is 10.5. The van der Waals surface area contributed by atoms with Crippen LogP contribution in [0.1, 0.15) is 38.8 Å². The number of carbonyl (C=O) groups excluding carboxylic acids is 3. The summed E-state index contributed by atoms with van der Waals surface area (Å²) < 4.78 is 0. The van der Waals surface area contributed by atoms with Crippen LogP contribution in [0.3, 0.4) is 0 Å². The van der Waals surface area contributed by atoms with E-state index in [0.29, 0.717) is 16.5 Å². The van der Waals surface area contributed by atoms with Crippen molar-refractivity contribution in [3.63, 3.8) is 0 Å². The highest BCUT2D eigenvalue weighted by Gasteiger charge is 2.37. The van der Waals surface area contributed by atoms with E-state index in [4.69, 9.17) is 0 Å². The van der Waals surface area contributed by atoms with Crippen molar-refractivity contribution in [1.82, 2.24) is 4.90 Å². The van der Waals surface area contributed by atoms with Crippen LogP contribution < -0.4 is 5.11 Å². The molecular formula is C17H12NO4-. The van der Waals surface area contributed by atoms with Crippen LogP contribution in [-0.4, -0.2) is 28.7 Å². The quantitative estimate of drug-likeness (QED) is 0.763. The van der Waals surface area contributed by atoms with Crippen molar-refractivity contribution in [1.29, 1.82) is 0 Å². The molecule has 0 N–H and O–H groups in total. The van der Waals surface area contributed by atoms with Gasteiger partial charge >= 0.3 is 0 Å². The average Bonchev–Trinajstić information content (AvgIpc) is 2.92. The van der Waals surface area contributed by atoms with Gasteiger partial charge in [-0.3, -0.25) is 14.5 Å². The molecule has 1 heterocycles. The molecular weight excluding hydrogens is 282 g/mol. The van der Waals surface area contributed by atoms with Gasteiger partial charge in [0.1, 0.15) is 0 Å². The number of aliphatic carboxylic acids is 1. The Morgan fingerprint density at radius 2 is 1.50 bits per heavy atom. The molecule has 1 aliphatic carbocycles. The Hall–Kier alpha value is -2.69. The zero-order valence-electron chi connectivity index (χ0n) is 11.9. The van der Waals surface area contributed by atoms with Crippen LogP contribution >= 0.6 is 0 Å². The molecule has 2 aromatic carbocycles. The van der Waals surface area contributed by atoms with Crippen molar-refractivity contribution >= 4 is 28.6 Å². The third kappa shape index (κ3) is 1.45. The molecule has 0 saturated carbocycles. The number of aryl methyl sites for hydroxylation is 2. The Labute approximate surface area is 126 Å². The highest BCUT2D eigenvalue weighted by molar-refractivity contribution is 6.27. The standard InChI is InChI=1S/C17H13NO4/c1-8(17(21)22)18-15(19)11-6-4-9-2-3-10-5-7-12(16(18)20)14(11)13(9)10/h4-8H,2-3H2,1H3,(H,21,22)/p-1/t8-/m1/s1. The van der Waals surface area contributed by atoms with E-state index < -0.39 is 23.8 Å². The number of hydrogen-bond donors (Lipinski definition) is 0. The smallest absolute Gasteiger partial charge is 0.262 e. The van der Waals surface area contributed by atoms with Crippen LogP contribution in [0.15, 0.2) is 24.3 Å². The van der Waals surface area contributed by atoms with Gasteiger partial charge in [0.2, 0.25) is 0 Å². The second kappa shape index (κ2) is 4.16. The van der Waals surface area contributed by atoms with Crippen LogP contribution in [0.4, 0.5) is 0 Å². The first-order valence-electron chi connectivity index (χ1n) is 7.17. The van der Waals surface area contributed by atoms with E-state index in [0.717, 1.165) is 34.3 Å². The first-order valence-corrected chi connectivity index (χ1v) is 7.17. The summed E-state index contributed by atoms with van der Waals surface area (Å²) in [6, 6.07) is 5.88. The lowest BCUT2D eigenvalue weighted by Crippen LogP contribution is -2.53. The van der Waals surface area contributed by atoms with Gasteiger partial charge < -0.3 is 9.90 Å². The van der Waals surface area contributed by atoms with Crippen LogP contribution in [0.2, 0.25) is 0 Å². The number of amides is 2. The highest BCUT2D eigenvalue weighted by Crippen LogP contribution is 2.38. The number of carboxylic acids is 1. The summed E-state index contributed by atoms with van der Waals surface area (Å²) in [5.41, 5.74) is 3.06. The predicted octanol–water partition coefficient (Wildman–Crippen LogP) is 0.673. The molecule has 22 heavy (non-hydrogen) atoms. The lowest BCUT2D eigenvalue weighted by Gasteiger charge is -2.32. The van der Waals surface area contributed by atoms with Gasteiger partial charge in [-0.25, -0.2) is 0 Å². The molecule has 0 bridgehead atoms. The Morgan fingerprint density at radius 1 is 1.00 bits per heavy atom. The van der Waals surface area contributed by atoms with E-state index in [9.17, 15) is 19.5 Å². The summed E-state index contributed by atoms with van der Waals surface area (Å²) in [6.45, 7) is 1.29. The van der Waals surface area contributed by atoms with E-state index in [1.54, 1.807) is 12.1 Å². The van der Waals surface area contributed by atoms with E-state index in [1.807, 2.05) is 12.1 Å². The summed E-state index contributed by atoms with van der Waals surface area (Å²) in [4.78, 5) is 37.1. The Bertz CT molecular complexity index is 825. The van der Waals surface area contributed by atoms with Gasteiger partial charge in [0.15, 0.2) is 0 Å². The van der Waals surface area contributed by atoms with Gasteiger partial charge in [-0.2, -0.15) is 0 Å². The molecule has 2 aromatic rings. The molecule has 2 aliphatic rings. The van der Waals surface area contributed by atoms with Crippen molar-refractivity contribution in [2.45, 2.75) is 25.8 Å². The van der Waals surface area contributed by atoms with Crippen molar-refractivity contribution < 1.29 is 19.5 Å². The Balaban J connectivity index is 2.03. The monoisotopic (exact) mass is 294 g/mol. The molecule has 1 atom stereocenters. The number of rotatable bonds is 2. The fraction of sp³-hybridized carbons (Fsp3) is 0.235. The van der Waals surface area contributed by atoms with E-state index >= 15 is 0 Å². The molecule has 1 aliphatic heterocycles. The maximum absolute atomic E-state index is 12.6. The highest BCUT2D eigenvalue weighted by atomic mass is 16.4. The average molecular weight is 294 g/mol. The minimum atomic E-state index is -1.45. The molecule has 0 saturated heterocycles. The van der Waals surface area contributed by atoms with Gasteiger partial charge in [-0.15, -0.1) is 0 Å². The Morgan fingerprint density at radius 3 is 1.95 bits per heavy atom. The predicted molar refractivity (Wildman–Crippen MR) is 76.3 cm³/mol. The maximum Gasteiger partial charge on any atom is 0.262 e. The summed E-state index contributed by atoms with van der Waals surface area (Å²) in [6.07, 6.45) is 1.80. The Kier molecular flexibility index (Phi) is 2.46. The van der Waals surface area contributed by atoms with Gasteiger partial charge in [0.25, 0.3) is 11.8 Å². The molecule has 5 heteroatoms. The minimum Gasteiger partial charge on any atom is -0.548 e. The van der Waals surface area contributed by atoms with Crippen molar-refractivity contribution in [2.75, 3.05) is 0 Å². The summed E-state index contributed by atoms with van der Waals surface area (Å²) in [5.74, 6) is -2.58. The molecule has 4 rings (SSSR count). The third-order valence-corrected chi connectivity index (χ3v) is 4.62. The van der Waals surface area contributed by atoms with Crippen molar-refractivity contribution in [2.24, 2.45) is 0 Å². The van der Waals surface area contributed by atoms with Crippen LogP contribution in [0, 0.1) is 0 Å². The van der Waals surface area contributed by atoms with Gasteiger partial charge in [-0.1, -0.05) is 12.1 Å². The zero-order chi connectivity index (χ0) is 15.6. The number of imide groups is 1. The number of benzene rings is 2.